The van der Waals surface area contributed by atoms with Crippen molar-refractivity contribution in [2.24, 2.45) is 4.99 Å². The molecule has 1 aromatic heterocycles. The lowest BCUT2D eigenvalue weighted by Crippen LogP contribution is -2.67. The van der Waals surface area contributed by atoms with Crippen LogP contribution in [-0.2, 0) is 22.7 Å². The maximum absolute atomic E-state index is 13.0. The van der Waals surface area contributed by atoms with Crippen LogP contribution in [0.2, 0.25) is 23.2 Å². The molecule has 0 radical (unpaired) electrons. The van der Waals surface area contributed by atoms with Gasteiger partial charge in [0.05, 0.1) is 12.4 Å². The van der Waals surface area contributed by atoms with Crippen LogP contribution in [0.4, 0.5) is 0 Å². The zero-order valence-corrected chi connectivity index (χ0v) is 37.1. The first-order valence-electron chi connectivity index (χ1n) is 19.6. The van der Waals surface area contributed by atoms with E-state index in [2.05, 4.69) is 35.6 Å². The number of hydrogen-bond donors (Lipinski definition) is 3. The molecular formula is C40H61N4O9PSi2. The monoisotopic (exact) mass is 828 g/mol. The maximum Gasteiger partial charge on any atom is 0.330 e. The van der Waals surface area contributed by atoms with E-state index in [1.807, 2.05) is 94.5 Å². The molecule has 56 heavy (non-hydrogen) atoms. The van der Waals surface area contributed by atoms with E-state index in [-0.39, 0.29) is 11.6 Å². The number of aliphatic hydroxyl groups is 1. The normalized spacial score (nSPS) is 24.0. The quantitative estimate of drug-likeness (QED) is 0.141. The third-order valence-corrected chi connectivity index (χ3v) is 21.4. The zero-order valence-electron chi connectivity index (χ0n) is 34.1. The predicted molar refractivity (Wildman–Crippen MR) is 225 cm³/mol. The van der Waals surface area contributed by atoms with Crippen molar-refractivity contribution in [3.63, 3.8) is 0 Å². The number of fused-ring (bicyclic) bond motifs is 1. The number of benzene rings is 2. The van der Waals surface area contributed by atoms with Gasteiger partial charge in [0, 0.05) is 38.3 Å². The summed E-state index contributed by atoms with van der Waals surface area (Å²) in [5, 5.41) is 13.5. The van der Waals surface area contributed by atoms with Gasteiger partial charge in [-0.2, -0.15) is 0 Å². The average Bonchev–Trinajstić information content (AvgIpc) is 3.25. The number of amidine groups is 1. The lowest BCUT2D eigenvalue weighted by molar-refractivity contribution is -0.212. The molecule has 1 unspecified atom stereocenters. The van der Waals surface area contributed by atoms with Crippen molar-refractivity contribution in [3.8, 4) is 0 Å². The topological polar surface area (TPSA) is 165 Å². The molecule has 3 aliphatic heterocycles. The molecule has 0 saturated carbocycles. The fraction of sp³-hybridized carbons (Fsp3) is 0.575. The summed E-state index contributed by atoms with van der Waals surface area (Å²) in [7, 11) is -9.68. The van der Waals surface area contributed by atoms with Gasteiger partial charge in [-0.25, -0.2) is 4.79 Å². The van der Waals surface area contributed by atoms with Crippen LogP contribution in [0.15, 0.2) is 87.5 Å². The number of nitrogens with one attached hydrogen (secondary N) is 1. The molecule has 6 rings (SSSR count). The van der Waals surface area contributed by atoms with Gasteiger partial charge in [0.15, 0.2) is 14.5 Å². The van der Waals surface area contributed by atoms with Crippen molar-refractivity contribution in [3.05, 3.63) is 93.8 Å². The third-order valence-electron chi connectivity index (χ3n) is 11.5. The van der Waals surface area contributed by atoms with Gasteiger partial charge in [-0.3, -0.25) is 28.4 Å². The molecule has 0 bridgehead atoms. The second-order valence-electron chi connectivity index (χ2n) is 17.4. The van der Waals surface area contributed by atoms with Crippen LogP contribution >= 0.6 is 8.25 Å². The van der Waals surface area contributed by atoms with E-state index in [0.717, 1.165) is 27.6 Å². The van der Waals surface area contributed by atoms with Crippen molar-refractivity contribution >= 4 is 41.1 Å². The van der Waals surface area contributed by atoms with Crippen LogP contribution < -0.4 is 21.6 Å². The Bertz CT molecular complexity index is 1890. The molecule has 13 nitrogen and oxygen atoms in total. The van der Waals surface area contributed by atoms with Crippen LogP contribution in [0.5, 0.6) is 0 Å². The van der Waals surface area contributed by atoms with Gasteiger partial charge in [-0.15, -0.1) is 0 Å². The van der Waals surface area contributed by atoms with Gasteiger partial charge in [-0.1, -0.05) is 109 Å². The molecule has 16 heteroatoms. The van der Waals surface area contributed by atoms with Gasteiger partial charge < -0.3 is 28.5 Å². The lowest BCUT2D eigenvalue weighted by atomic mass is 10.1. The third kappa shape index (κ3) is 9.65. The highest BCUT2D eigenvalue weighted by Crippen LogP contribution is 2.48. The minimum Gasteiger partial charge on any atom is -0.405 e. The predicted octanol–water partition coefficient (Wildman–Crippen LogP) is 5.15. The van der Waals surface area contributed by atoms with E-state index in [0.29, 0.717) is 0 Å². The van der Waals surface area contributed by atoms with Crippen LogP contribution in [0.25, 0.3) is 0 Å². The van der Waals surface area contributed by atoms with Crippen LogP contribution in [0.1, 0.15) is 79.9 Å². The zero-order chi connectivity index (χ0) is 40.9. The summed E-state index contributed by atoms with van der Waals surface area (Å²) in [5.74, 6) is -1.11. The minimum absolute atomic E-state index is 0.273. The van der Waals surface area contributed by atoms with Gasteiger partial charge in [0.25, 0.3) is 13.9 Å². The first-order valence-corrected chi connectivity index (χ1v) is 25.7. The number of ether oxygens (including phenoxy) is 1. The fourth-order valence-electron chi connectivity index (χ4n) is 7.52. The minimum atomic E-state index is -3.77. The Morgan fingerprint density at radius 3 is 2.07 bits per heavy atom. The number of aromatic amines is 1. The number of aliphatic imine (C=N–C) groups is 1. The maximum atomic E-state index is 13.0. The Balaban J connectivity index is 0.000000463. The number of nitrogens with zero attached hydrogens (tertiary/aromatic N) is 3. The molecule has 4 heterocycles. The second kappa shape index (κ2) is 17.9. The molecule has 0 spiro atoms. The van der Waals surface area contributed by atoms with Gasteiger partial charge in [0.1, 0.15) is 12.2 Å². The molecule has 308 valence electrons. The van der Waals surface area contributed by atoms with Crippen LogP contribution in [0, 0.1) is 0 Å². The second-order valence-corrected chi connectivity index (χ2v) is 27.2. The molecule has 3 aromatic rings. The Morgan fingerprint density at radius 1 is 0.911 bits per heavy atom. The van der Waals surface area contributed by atoms with Crippen molar-refractivity contribution in [2.45, 2.75) is 121 Å². The summed E-state index contributed by atoms with van der Waals surface area (Å²) in [6, 6.07) is 20.8. The highest BCUT2D eigenvalue weighted by Gasteiger charge is 2.63. The highest BCUT2D eigenvalue weighted by atomic mass is 31.1. The Kier molecular flexibility index (Phi) is 14.1. The van der Waals surface area contributed by atoms with Crippen molar-refractivity contribution in [2.75, 3.05) is 26.2 Å². The molecule has 0 amide bonds. The SMILES string of the molecule is C1CCC2=NCCCN2CC1.CC(C)(C)[Si](C)(C)O[C@H]1[C@H](n2ccc(=O)[nH]c2=O)O[C@H](CO[Si](c2ccccc2)(c2ccccc2)C(C)(C)C)[C@@]1(O)O[PH](=O)O. The molecule has 2 fully saturated rings. The van der Waals surface area contributed by atoms with E-state index in [4.69, 9.17) is 18.1 Å². The van der Waals surface area contributed by atoms with Gasteiger partial charge in [0.2, 0.25) is 5.79 Å². The summed E-state index contributed by atoms with van der Waals surface area (Å²) >= 11 is 0. The van der Waals surface area contributed by atoms with Crippen molar-refractivity contribution in [1.82, 2.24) is 14.5 Å². The van der Waals surface area contributed by atoms with E-state index in [1.165, 1.54) is 57.2 Å². The van der Waals surface area contributed by atoms with Crippen LogP contribution in [-0.4, -0.2) is 91.2 Å². The summed E-state index contributed by atoms with van der Waals surface area (Å²) in [6.07, 6.45) is 3.73. The highest BCUT2D eigenvalue weighted by molar-refractivity contribution is 7.32. The first kappa shape index (κ1) is 44.1. The summed E-state index contributed by atoms with van der Waals surface area (Å²) in [5.41, 5.74) is -1.42. The average molecular weight is 829 g/mol. The lowest BCUT2D eigenvalue weighted by Gasteiger charge is -2.44. The first-order chi connectivity index (χ1) is 26.3. The molecule has 3 N–H and O–H groups in total. The largest absolute Gasteiger partial charge is 0.405 e. The van der Waals surface area contributed by atoms with Crippen LogP contribution in [0.3, 0.4) is 0 Å². The number of rotatable bonds is 10. The van der Waals surface area contributed by atoms with E-state index in [1.54, 1.807) is 0 Å². The number of hydrogen-bond acceptors (Lipinski definition) is 10. The van der Waals surface area contributed by atoms with Gasteiger partial charge >= 0.3 is 13.9 Å². The van der Waals surface area contributed by atoms with Crippen molar-refractivity contribution in [1.29, 1.82) is 0 Å². The Hall–Kier alpha value is -2.99. The number of aromatic nitrogens is 2. The molecule has 5 atom stereocenters. The van der Waals surface area contributed by atoms with Gasteiger partial charge in [-0.05, 0) is 52.8 Å². The summed E-state index contributed by atoms with van der Waals surface area (Å²) < 4.78 is 38.9. The molecule has 2 saturated heterocycles. The fourth-order valence-corrected chi connectivity index (χ4v) is 13.9. The molecule has 2 aromatic carbocycles. The molecule has 0 aliphatic carbocycles. The Morgan fingerprint density at radius 2 is 1.52 bits per heavy atom. The molecule has 3 aliphatic rings. The smallest absolute Gasteiger partial charge is 0.330 e. The summed E-state index contributed by atoms with van der Waals surface area (Å²) in [6.45, 7) is 19.5. The standard InChI is InChI=1S/C31H45N2O9PSi2.C9H16N2/c1-29(2,3)44(7,8)41-26-27(33-20-19-25(34)32-28(33)35)40-24(31(26,36)42-43(37)38)21-39-45(30(4,5)6,22-15-11-9-12-16-22)23-17-13-10-14-18-23;1-2-5-9-10-6-4-8-11(9)7-3-1/h9-20,24,26-27,36,43H,21H2,1-8H3,(H,37,38)(H,32,34,35);1-8H2/t24-,26+,27-,31-;/m1./s1. The van der Waals surface area contributed by atoms with E-state index >= 15 is 0 Å². The van der Waals surface area contributed by atoms with E-state index in [9.17, 15) is 24.2 Å². The molecular weight excluding hydrogens is 768 g/mol. The number of H-pyrrole nitrogens is 1. The van der Waals surface area contributed by atoms with E-state index < -0.39 is 65.4 Å². The van der Waals surface area contributed by atoms with Crippen molar-refractivity contribution < 1.29 is 32.7 Å². The Labute approximate surface area is 333 Å². The summed E-state index contributed by atoms with van der Waals surface area (Å²) in [4.78, 5) is 44.2.